The van der Waals surface area contributed by atoms with E-state index in [4.69, 9.17) is 23.2 Å². The summed E-state index contributed by atoms with van der Waals surface area (Å²) in [5.41, 5.74) is -0.138. The van der Waals surface area contributed by atoms with Gasteiger partial charge in [-0.3, -0.25) is 4.90 Å². The minimum atomic E-state index is -0.785. The number of phenols is 1. The van der Waals surface area contributed by atoms with Crippen LogP contribution < -0.4 is 0 Å². The molecule has 0 spiro atoms. The monoisotopic (exact) mass is 277 g/mol. The molecule has 2 N–H and O–H groups in total. The highest BCUT2D eigenvalue weighted by atomic mass is 35.5. The van der Waals surface area contributed by atoms with Gasteiger partial charge in [0.05, 0.1) is 10.6 Å². The zero-order valence-electron chi connectivity index (χ0n) is 10.2. The second kappa shape index (κ2) is 5.44. The summed E-state index contributed by atoms with van der Waals surface area (Å²) >= 11 is 11.7. The fourth-order valence-corrected chi connectivity index (χ4v) is 2.28. The first-order valence-corrected chi connectivity index (χ1v) is 6.02. The van der Waals surface area contributed by atoms with E-state index in [0.717, 1.165) is 0 Å². The van der Waals surface area contributed by atoms with Gasteiger partial charge in [0.15, 0.2) is 0 Å². The van der Waals surface area contributed by atoms with E-state index in [-0.39, 0.29) is 10.8 Å². The van der Waals surface area contributed by atoms with Crippen molar-refractivity contribution in [3.05, 3.63) is 27.7 Å². The van der Waals surface area contributed by atoms with E-state index in [2.05, 4.69) is 0 Å². The van der Waals surface area contributed by atoms with E-state index >= 15 is 0 Å². The Bertz CT molecular complexity index is 402. The van der Waals surface area contributed by atoms with Crippen molar-refractivity contribution in [1.82, 2.24) is 4.90 Å². The predicted octanol–water partition coefficient (Wildman–Crippen LogP) is 2.90. The number of aliphatic hydroxyl groups is 1. The largest absolute Gasteiger partial charge is 0.506 e. The number of nitrogens with zero attached hydrogens (tertiary/aromatic N) is 1. The lowest BCUT2D eigenvalue weighted by atomic mass is 10.1. The summed E-state index contributed by atoms with van der Waals surface area (Å²) in [6.45, 7) is 4.41. The number of halogens is 2. The lowest BCUT2D eigenvalue weighted by Crippen LogP contribution is -2.35. The molecule has 0 aliphatic rings. The Balaban J connectivity index is 2.81. The molecule has 0 saturated heterocycles. The molecule has 17 heavy (non-hydrogen) atoms. The van der Waals surface area contributed by atoms with Crippen molar-refractivity contribution in [3.8, 4) is 5.75 Å². The molecule has 0 atom stereocenters. The number of rotatable bonds is 4. The standard InChI is InChI=1S/C12H17Cl2NO2/c1-12(2,17)7-15(3)6-8-4-9(13)5-10(14)11(8)16/h4-5,16-17H,6-7H2,1-3H3. The van der Waals surface area contributed by atoms with Gasteiger partial charge in [0, 0.05) is 23.7 Å². The van der Waals surface area contributed by atoms with Crippen LogP contribution in [0.2, 0.25) is 10.0 Å². The van der Waals surface area contributed by atoms with E-state index in [1.165, 1.54) is 6.07 Å². The van der Waals surface area contributed by atoms with Gasteiger partial charge in [0.1, 0.15) is 5.75 Å². The van der Waals surface area contributed by atoms with Gasteiger partial charge in [-0.1, -0.05) is 23.2 Å². The summed E-state index contributed by atoms with van der Waals surface area (Å²) in [6, 6.07) is 3.17. The van der Waals surface area contributed by atoms with Gasteiger partial charge < -0.3 is 10.2 Å². The summed E-state index contributed by atoms with van der Waals surface area (Å²) in [5, 5.41) is 20.2. The van der Waals surface area contributed by atoms with E-state index < -0.39 is 5.60 Å². The molecule has 1 aromatic carbocycles. The molecule has 0 amide bonds. The molecule has 0 saturated carbocycles. The van der Waals surface area contributed by atoms with Crippen LogP contribution in [0.15, 0.2) is 12.1 Å². The van der Waals surface area contributed by atoms with Crippen LogP contribution in [0.1, 0.15) is 19.4 Å². The average Bonchev–Trinajstić information content (AvgIpc) is 2.10. The third-order valence-electron chi connectivity index (χ3n) is 2.20. The van der Waals surface area contributed by atoms with Crippen LogP contribution in [-0.2, 0) is 6.54 Å². The average molecular weight is 278 g/mol. The highest BCUT2D eigenvalue weighted by Gasteiger charge is 2.17. The van der Waals surface area contributed by atoms with Gasteiger partial charge in [0.25, 0.3) is 0 Å². The van der Waals surface area contributed by atoms with Crippen LogP contribution in [0.25, 0.3) is 0 Å². The molecule has 0 aliphatic heterocycles. The van der Waals surface area contributed by atoms with Crippen molar-refractivity contribution in [2.75, 3.05) is 13.6 Å². The molecule has 0 radical (unpaired) electrons. The quantitative estimate of drug-likeness (QED) is 0.890. The van der Waals surface area contributed by atoms with Crippen molar-refractivity contribution in [2.45, 2.75) is 26.0 Å². The van der Waals surface area contributed by atoms with Crippen molar-refractivity contribution in [3.63, 3.8) is 0 Å². The van der Waals surface area contributed by atoms with E-state index in [1.807, 2.05) is 11.9 Å². The third kappa shape index (κ3) is 4.72. The minimum absolute atomic E-state index is 0.0404. The smallest absolute Gasteiger partial charge is 0.138 e. The van der Waals surface area contributed by atoms with Gasteiger partial charge in [-0.25, -0.2) is 0 Å². The van der Waals surface area contributed by atoms with Crippen LogP contribution in [0.4, 0.5) is 0 Å². The number of hydrogen-bond donors (Lipinski definition) is 2. The Morgan fingerprint density at radius 1 is 1.29 bits per heavy atom. The molecule has 3 nitrogen and oxygen atoms in total. The van der Waals surface area contributed by atoms with Crippen molar-refractivity contribution >= 4 is 23.2 Å². The minimum Gasteiger partial charge on any atom is -0.506 e. The number of benzene rings is 1. The predicted molar refractivity (Wildman–Crippen MR) is 70.8 cm³/mol. The summed E-state index contributed by atoms with van der Waals surface area (Å²) in [7, 11) is 1.85. The lowest BCUT2D eigenvalue weighted by molar-refractivity contribution is 0.0423. The first-order chi connectivity index (χ1) is 7.69. The Morgan fingerprint density at radius 3 is 2.41 bits per heavy atom. The van der Waals surface area contributed by atoms with Gasteiger partial charge in [-0.05, 0) is 33.0 Å². The molecule has 1 rings (SSSR count). The highest BCUT2D eigenvalue weighted by molar-refractivity contribution is 6.35. The van der Waals surface area contributed by atoms with E-state index in [0.29, 0.717) is 23.7 Å². The lowest BCUT2D eigenvalue weighted by Gasteiger charge is -2.25. The molecule has 0 fully saturated rings. The molecule has 0 unspecified atom stereocenters. The maximum Gasteiger partial charge on any atom is 0.138 e. The molecule has 0 aliphatic carbocycles. The van der Waals surface area contributed by atoms with Gasteiger partial charge in [-0.2, -0.15) is 0 Å². The van der Waals surface area contributed by atoms with Crippen molar-refractivity contribution in [1.29, 1.82) is 0 Å². The highest BCUT2D eigenvalue weighted by Crippen LogP contribution is 2.31. The normalized spacial score (nSPS) is 12.2. The van der Waals surface area contributed by atoms with Gasteiger partial charge in [-0.15, -0.1) is 0 Å². The Morgan fingerprint density at radius 2 is 1.88 bits per heavy atom. The number of aromatic hydroxyl groups is 1. The van der Waals surface area contributed by atoms with Crippen LogP contribution in [0.5, 0.6) is 5.75 Å². The first-order valence-electron chi connectivity index (χ1n) is 5.27. The van der Waals surface area contributed by atoms with Crippen LogP contribution >= 0.6 is 23.2 Å². The molecule has 0 heterocycles. The second-order valence-electron chi connectivity index (χ2n) is 4.88. The molecule has 1 aromatic rings. The van der Waals surface area contributed by atoms with Crippen LogP contribution in [-0.4, -0.2) is 34.3 Å². The maximum atomic E-state index is 9.79. The van der Waals surface area contributed by atoms with Gasteiger partial charge >= 0.3 is 0 Å². The number of likely N-dealkylation sites (N-methyl/N-ethyl adjacent to an activating group) is 1. The van der Waals surface area contributed by atoms with Crippen molar-refractivity contribution < 1.29 is 10.2 Å². The fraction of sp³-hybridized carbons (Fsp3) is 0.500. The van der Waals surface area contributed by atoms with Crippen LogP contribution in [0.3, 0.4) is 0 Å². The first kappa shape index (κ1) is 14.6. The summed E-state index contributed by atoms with van der Waals surface area (Å²) < 4.78 is 0. The zero-order chi connectivity index (χ0) is 13.2. The third-order valence-corrected chi connectivity index (χ3v) is 2.71. The maximum absolute atomic E-state index is 9.79. The SMILES string of the molecule is CN(Cc1cc(Cl)cc(Cl)c1O)CC(C)(C)O. The molecular formula is C12H17Cl2NO2. The summed E-state index contributed by atoms with van der Waals surface area (Å²) in [4.78, 5) is 1.89. The number of hydrogen-bond acceptors (Lipinski definition) is 3. The molecule has 0 aromatic heterocycles. The molecular weight excluding hydrogens is 261 g/mol. The molecule has 5 heteroatoms. The Hall–Kier alpha value is -0.480. The zero-order valence-corrected chi connectivity index (χ0v) is 11.7. The molecule has 0 bridgehead atoms. The van der Waals surface area contributed by atoms with E-state index in [1.54, 1.807) is 19.9 Å². The fourth-order valence-electron chi connectivity index (χ4n) is 1.75. The second-order valence-corrected chi connectivity index (χ2v) is 5.72. The summed E-state index contributed by atoms with van der Waals surface area (Å²) in [6.07, 6.45) is 0. The van der Waals surface area contributed by atoms with E-state index in [9.17, 15) is 10.2 Å². The van der Waals surface area contributed by atoms with Crippen LogP contribution in [0, 0.1) is 0 Å². The Labute approximate surface area is 112 Å². The molecule has 96 valence electrons. The Kier molecular flexibility index (Phi) is 4.67. The number of phenolic OH excluding ortho intramolecular Hbond substituents is 1. The summed E-state index contributed by atoms with van der Waals surface area (Å²) in [5.74, 6) is 0.0404. The topological polar surface area (TPSA) is 43.7 Å². The van der Waals surface area contributed by atoms with Crippen molar-refractivity contribution in [2.24, 2.45) is 0 Å². The van der Waals surface area contributed by atoms with Gasteiger partial charge in [0.2, 0.25) is 0 Å².